The van der Waals surface area contributed by atoms with Gasteiger partial charge >= 0.3 is 34.7 Å². The molecule has 0 radical (unpaired) electrons. The Kier molecular flexibility index (Phi) is 6.66. The Bertz CT molecular complexity index is 463. The molecule has 0 aliphatic carbocycles. The van der Waals surface area contributed by atoms with Gasteiger partial charge in [-0.05, 0) is 43.2 Å². The molecule has 0 spiro atoms. The molecule has 0 unspecified atom stereocenters. The van der Waals surface area contributed by atoms with Crippen LogP contribution >= 0.6 is 19.3 Å². The monoisotopic (exact) mass is 446 g/mol. The third kappa shape index (κ3) is 4.35. The number of nitrogens with zero attached hydrogens (tertiary/aromatic N) is 2. The summed E-state index contributed by atoms with van der Waals surface area (Å²) in [5.74, 6) is 0. The van der Waals surface area contributed by atoms with Crippen molar-refractivity contribution in [2.24, 2.45) is 0 Å². The van der Waals surface area contributed by atoms with Gasteiger partial charge in [0.25, 0.3) is 0 Å². The molecular formula is C12H12Cl2N2Os. The Morgan fingerprint density at radius 2 is 1.71 bits per heavy atom. The van der Waals surface area contributed by atoms with E-state index in [1.165, 1.54) is 11.1 Å². The molecule has 17 heavy (non-hydrogen) atoms. The molecule has 2 nitrogen and oxygen atoms in total. The minimum absolute atomic E-state index is 0.639. The SMILES string of the molecule is Cc1ccnc(-c2ccccn2)c1C.[Cl][Os][Cl]. The van der Waals surface area contributed by atoms with Crippen molar-refractivity contribution in [3.63, 3.8) is 0 Å². The van der Waals surface area contributed by atoms with Gasteiger partial charge in [0.1, 0.15) is 0 Å². The Morgan fingerprint density at radius 1 is 1.00 bits per heavy atom. The molecule has 0 aromatic carbocycles. The molecule has 92 valence electrons. The van der Waals surface area contributed by atoms with E-state index in [1.54, 1.807) is 6.20 Å². The van der Waals surface area contributed by atoms with Gasteiger partial charge in [0.05, 0.1) is 11.4 Å². The molecule has 0 bridgehead atoms. The van der Waals surface area contributed by atoms with Crippen molar-refractivity contribution < 1.29 is 15.4 Å². The summed E-state index contributed by atoms with van der Waals surface area (Å²) in [6.45, 7) is 4.16. The maximum atomic E-state index is 4.90. The first-order chi connectivity index (χ1) is 8.20. The van der Waals surface area contributed by atoms with Crippen molar-refractivity contribution in [1.82, 2.24) is 9.97 Å². The molecular weight excluding hydrogens is 433 g/mol. The number of aromatic nitrogens is 2. The number of hydrogen-bond acceptors (Lipinski definition) is 2. The first kappa shape index (κ1) is 14.6. The average molecular weight is 445 g/mol. The molecule has 2 heterocycles. The Hall–Kier alpha value is -0.484. The molecule has 0 saturated heterocycles. The summed E-state index contributed by atoms with van der Waals surface area (Å²) in [6.07, 6.45) is 3.62. The van der Waals surface area contributed by atoms with Gasteiger partial charge < -0.3 is 0 Å². The van der Waals surface area contributed by atoms with Crippen molar-refractivity contribution in [3.05, 3.63) is 47.8 Å². The fraction of sp³-hybridized carbons (Fsp3) is 0.167. The number of halogens is 2. The van der Waals surface area contributed by atoms with Gasteiger partial charge in [-0.15, -0.1) is 0 Å². The number of pyridine rings is 2. The molecule has 2 rings (SSSR count). The van der Waals surface area contributed by atoms with Gasteiger partial charge in [-0.25, -0.2) is 0 Å². The van der Waals surface area contributed by atoms with E-state index in [0.29, 0.717) is 0 Å². The summed E-state index contributed by atoms with van der Waals surface area (Å²) in [7, 11) is 9.81. The zero-order valence-electron chi connectivity index (χ0n) is 9.47. The van der Waals surface area contributed by atoms with Crippen LogP contribution in [0.5, 0.6) is 0 Å². The van der Waals surface area contributed by atoms with Gasteiger partial charge in [-0.1, -0.05) is 6.07 Å². The van der Waals surface area contributed by atoms with Crippen LogP contribution in [0.2, 0.25) is 0 Å². The van der Waals surface area contributed by atoms with Crippen LogP contribution < -0.4 is 0 Å². The van der Waals surface area contributed by atoms with Crippen LogP contribution in [0.25, 0.3) is 11.4 Å². The first-order valence-electron chi connectivity index (χ1n) is 4.89. The van der Waals surface area contributed by atoms with Gasteiger partial charge in [0.15, 0.2) is 0 Å². The number of hydrogen-bond donors (Lipinski definition) is 0. The van der Waals surface area contributed by atoms with Crippen LogP contribution in [-0.4, -0.2) is 9.97 Å². The van der Waals surface area contributed by atoms with Gasteiger partial charge in [0, 0.05) is 12.4 Å². The second-order valence-electron chi connectivity index (χ2n) is 3.37. The van der Waals surface area contributed by atoms with E-state index < -0.39 is 15.4 Å². The standard InChI is InChI=1S/C12H12N2.2ClH.Os/c1-9-6-8-14-12(10(9)2)11-5-3-4-7-13-11;;;/h3-8H,1-2H3;2*1H;/q;;;+2/p-2. The van der Waals surface area contributed by atoms with Crippen LogP contribution in [-0.2, 0) is 15.4 Å². The summed E-state index contributed by atoms with van der Waals surface area (Å²) in [6, 6.07) is 7.89. The number of aryl methyl sites for hydroxylation is 1. The molecule has 0 fully saturated rings. The molecule has 2 aromatic heterocycles. The van der Waals surface area contributed by atoms with Crippen molar-refractivity contribution in [2.75, 3.05) is 0 Å². The van der Waals surface area contributed by atoms with Gasteiger partial charge in [-0.2, -0.15) is 0 Å². The van der Waals surface area contributed by atoms with Gasteiger partial charge in [-0.3, -0.25) is 9.97 Å². The zero-order chi connectivity index (χ0) is 12.7. The summed E-state index contributed by atoms with van der Waals surface area (Å²) in [5.41, 5.74) is 4.37. The molecule has 2 aromatic rings. The molecule has 0 amide bonds. The predicted octanol–water partition coefficient (Wildman–Crippen LogP) is 4.14. The van der Waals surface area contributed by atoms with Crippen molar-refractivity contribution in [3.8, 4) is 11.4 Å². The Morgan fingerprint density at radius 3 is 2.29 bits per heavy atom. The summed E-state index contributed by atoms with van der Waals surface area (Å²) in [5, 5.41) is 0. The summed E-state index contributed by atoms with van der Waals surface area (Å²) in [4.78, 5) is 8.64. The van der Waals surface area contributed by atoms with Crippen LogP contribution in [0.4, 0.5) is 0 Å². The quantitative estimate of drug-likeness (QED) is 0.660. The van der Waals surface area contributed by atoms with Crippen molar-refractivity contribution in [2.45, 2.75) is 13.8 Å². The average Bonchev–Trinajstić information content (AvgIpc) is 2.35. The van der Waals surface area contributed by atoms with E-state index in [-0.39, 0.29) is 0 Å². The van der Waals surface area contributed by atoms with E-state index in [0.717, 1.165) is 11.4 Å². The molecule has 0 aliphatic heterocycles. The predicted molar refractivity (Wildman–Crippen MR) is 68.6 cm³/mol. The van der Waals surface area contributed by atoms with E-state index >= 15 is 0 Å². The molecule has 0 N–H and O–H groups in total. The molecule has 5 heteroatoms. The molecule has 0 saturated carbocycles. The van der Waals surface area contributed by atoms with E-state index in [2.05, 4.69) is 23.8 Å². The van der Waals surface area contributed by atoms with Crippen LogP contribution in [0.1, 0.15) is 11.1 Å². The fourth-order valence-corrected chi connectivity index (χ4v) is 1.39. The summed E-state index contributed by atoms with van der Waals surface area (Å²) >= 11 is -0.639. The van der Waals surface area contributed by atoms with Crippen LogP contribution in [0, 0.1) is 13.8 Å². The second kappa shape index (κ2) is 7.77. The second-order valence-corrected chi connectivity index (χ2v) is 7.04. The van der Waals surface area contributed by atoms with E-state index in [9.17, 15) is 0 Å². The Labute approximate surface area is 117 Å². The minimum atomic E-state index is -0.639. The normalized spacial score (nSPS) is 9.65. The summed E-state index contributed by atoms with van der Waals surface area (Å²) < 4.78 is 0. The third-order valence-corrected chi connectivity index (χ3v) is 2.38. The fourth-order valence-electron chi connectivity index (χ4n) is 1.39. The topological polar surface area (TPSA) is 25.8 Å². The van der Waals surface area contributed by atoms with E-state index in [4.69, 9.17) is 19.3 Å². The molecule has 0 aliphatic rings. The third-order valence-electron chi connectivity index (χ3n) is 2.38. The van der Waals surface area contributed by atoms with Crippen molar-refractivity contribution >= 4 is 19.3 Å². The van der Waals surface area contributed by atoms with Gasteiger partial charge in [0.2, 0.25) is 0 Å². The zero-order valence-corrected chi connectivity index (χ0v) is 13.5. The maximum absolute atomic E-state index is 4.90. The van der Waals surface area contributed by atoms with E-state index in [1.807, 2.05) is 30.5 Å². The Balaban J connectivity index is 0.000000437. The molecule has 0 atom stereocenters. The van der Waals surface area contributed by atoms with Crippen LogP contribution in [0.3, 0.4) is 0 Å². The van der Waals surface area contributed by atoms with Crippen LogP contribution in [0.15, 0.2) is 36.7 Å². The number of rotatable bonds is 1. The van der Waals surface area contributed by atoms with Crippen molar-refractivity contribution in [1.29, 1.82) is 0 Å². The first-order valence-corrected chi connectivity index (χ1v) is 11.2.